The van der Waals surface area contributed by atoms with E-state index in [-0.39, 0.29) is 5.78 Å². The van der Waals surface area contributed by atoms with E-state index in [1.807, 2.05) is 51.1 Å². The lowest BCUT2D eigenvalue weighted by Crippen LogP contribution is -2.05. The van der Waals surface area contributed by atoms with Gasteiger partial charge in [0.2, 0.25) is 0 Å². The maximum Gasteiger partial charge on any atom is 0.193 e. The van der Waals surface area contributed by atoms with Crippen LogP contribution in [0, 0.1) is 20.8 Å². The SMILES string of the molecule is Cc1cc(C(=O)c2ccc(Br)c(C)c2)c(C)cc1Cl. The Balaban J connectivity index is 2.49. The average Bonchev–Trinajstić information content (AvgIpc) is 2.36. The fraction of sp³-hybridized carbons (Fsp3) is 0.188. The van der Waals surface area contributed by atoms with E-state index >= 15 is 0 Å². The Bertz CT molecular complexity index is 662. The average molecular weight is 338 g/mol. The summed E-state index contributed by atoms with van der Waals surface area (Å²) in [6.45, 7) is 5.79. The zero-order valence-electron chi connectivity index (χ0n) is 11.1. The fourth-order valence-corrected chi connectivity index (χ4v) is 2.43. The van der Waals surface area contributed by atoms with Crippen LogP contribution >= 0.6 is 27.5 Å². The normalized spacial score (nSPS) is 10.6. The van der Waals surface area contributed by atoms with E-state index in [0.717, 1.165) is 21.2 Å². The standard InChI is InChI=1S/C16H14BrClO/c1-9-8-15(18)11(3)7-13(9)16(19)12-4-5-14(17)10(2)6-12/h4-8H,1-3H3. The molecule has 3 heteroatoms. The zero-order chi connectivity index (χ0) is 14.2. The number of halogens is 2. The number of benzene rings is 2. The van der Waals surface area contributed by atoms with Crippen LogP contribution in [0.2, 0.25) is 5.02 Å². The maximum atomic E-state index is 12.5. The van der Waals surface area contributed by atoms with Crippen LogP contribution in [-0.2, 0) is 0 Å². The van der Waals surface area contributed by atoms with Crippen LogP contribution in [-0.4, -0.2) is 5.78 Å². The third-order valence-electron chi connectivity index (χ3n) is 3.17. The van der Waals surface area contributed by atoms with Crippen LogP contribution in [0.25, 0.3) is 0 Å². The molecular formula is C16H14BrClO. The molecule has 0 N–H and O–H groups in total. The predicted octanol–water partition coefficient (Wildman–Crippen LogP) is 5.26. The Labute approximate surface area is 126 Å². The van der Waals surface area contributed by atoms with Crippen LogP contribution in [0.5, 0.6) is 0 Å². The molecule has 2 rings (SSSR count). The van der Waals surface area contributed by atoms with Gasteiger partial charge in [-0.05, 0) is 67.8 Å². The van der Waals surface area contributed by atoms with Gasteiger partial charge in [-0.25, -0.2) is 0 Å². The molecule has 0 aliphatic heterocycles. The minimum Gasteiger partial charge on any atom is -0.289 e. The molecule has 0 bridgehead atoms. The molecule has 0 aliphatic rings. The molecule has 0 radical (unpaired) electrons. The van der Waals surface area contributed by atoms with E-state index in [9.17, 15) is 4.79 Å². The first-order valence-corrected chi connectivity index (χ1v) is 7.15. The molecule has 2 aromatic rings. The number of hydrogen-bond acceptors (Lipinski definition) is 1. The minimum absolute atomic E-state index is 0.0351. The third kappa shape index (κ3) is 2.90. The summed E-state index contributed by atoms with van der Waals surface area (Å²) in [6.07, 6.45) is 0. The van der Waals surface area contributed by atoms with Crippen LogP contribution < -0.4 is 0 Å². The molecule has 0 atom stereocenters. The lowest BCUT2D eigenvalue weighted by atomic mass is 9.96. The van der Waals surface area contributed by atoms with E-state index in [0.29, 0.717) is 16.1 Å². The summed E-state index contributed by atoms with van der Waals surface area (Å²) < 4.78 is 1.01. The topological polar surface area (TPSA) is 17.1 Å². The number of carbonyl (C=O) groups is 1. The second-order valence-electron chi connectivity index (χ2n) is 4.71. The molecule has 2 aromatic carbocycles. The smallest absolute Gasteiger partial charge is 0.193 e. The molecule has 0 spiro atoms. The van der Waals surface area contributed by atoms with Crippen molar-refractivity contribution >= 4 is 33.3 Å². The molecule has 0 amide bonds. The van der Waals surface area contributed by atoms with Gasteiger partial charge in [-0.15, -0.1) is 0 Å². The van der Waals surface area contributed by atoms with Crippen LogP contribution in [0.4, 0.5) is 0 Å². The number of carbonyl (C=O) groups excluding carboxylic acids is 1. The monoisotopic (exact) mass is 336 g/mol. The van der Waals surface area contributed by atoms with Gasteiger partial charge in [0.25, 0.3) is 0 Å². The van der Waals surface area contributed by atoms with Gasteiger partial charge in [0, 0.05) is 20.6 Å². The fourth-order valence-electron chi connectivity index (χ4n) is 1.97. The Kier molecular flexibility index (Phi) is 4.12. The number of aryl methyl sites for hydroxylation is 3. The second kappa shape index (κ2) is 5.48. The first-order chi connectivity index (χ1) is 8.90. The van der Waals surface area contributed by atoms with Crippen LogP contribution in [0.15, 0.2) is 34.8 Å². The summed E-state index contributed by atoms with van der Waals surface area (Å²) in [7, 11) is 0. The first kappa shape index (κ1) is 14.3. The third-order valence-corrected chi connectivity index (χ3v) is 4.47. The summed E-state index contributed by atoms with van der Waals surface area (Å²) in [5.41, 5.74) is 4.29. The maximum absolute atomic E-state index is 12.5. The second-order valence-corrected chi connectivity index (χ2v) is 5.97. The molecule has 0 saturated carbocycles. The van der Waals surface area contributed by atoms with E-state index in [4.69, 9.17) is 11.6 Å². The highest BCUT2D eigenvalue weighted by molar-refractivity contribution is 9.10. The summed E-state index contributed by atoms with van der Waals surface area (Å²) in [4.78, 5) is 12.5. The highest BCUT2D eigenvalue weighted by Crippen LogP contribution is 2.24. The van der Waals surface area contributed by atoms with Crippen molar-refractivity contribution in [2.45, 2.75) is 20.8 Å². The largest absolute Gasteiger partial charge is 0.289 e. The van der Waals surface area contributed by atoms with Crippen LogP contribution in [0.1, 0.15) is 32.6 Å². The van der Waals surface area contributed by atoms with Gasteiger partial charge in [-0.1, -0.05) is 27.5 Å². The lowest BCUT2D eigenvalue weighted by molar-refractivity contribution is 0.103. The quantitative estimate of drug-likeness (QED) is 0.683. The Morgan fingerprint density at radius 2 is 1.68 bits per heavy atom. The van der Waals surface area contributed by atoms with E-state index in [1.54, 1.807) is 0 Å². The molecule has 98 valence electrons. The summed E-state index contributed by atoms with van der Waals surface area (Å²) >= 11 is 9.51. The molecule has 0 unspecified atom stereocenters. The van der Waals surface area contributed by atoms with E-state index in [2.05, 4.69) is 15.9 Å². The Morgan fingerprint density at radius 3 is 2.32 bits per heavy atom. The van der Waals surface area contributed by atoms with Crippen molar-refractivity contribution < 1.29 is 4.79 Å². The summed E-state index contributed by atoms with van der Waals surface area (Å²) in [6, 6.07) is 9.34. The molecule has 0 aliphatic carbocycles. The molecule has 0 saturated heterocycles. The number of rotatable bonds is 2. The van der Waals surface area contributed by atoms with Gasteiger partial charge in [0.15, 0.2) is 5.78 Å². The van der Waals surface area contributed by atoms with Gasteiger partial charge < -0.3 is 0 Å². The summed E-state index contributed by atoms with van der Waals surface area (Å²) in [5, 5.41) is 0.695. The van der Waals surface area contributed by atoms with Gasteiger partial charge in [-0.2, -0.15) is 0 Å². The first-order valence-electron chi connectivity index (χ1n) is 5.97. The molecule has 0 heterocycles. The predicted molar refractivity (Wildman–Crippen MR) is 83.2 cm³/mol. The Morgan fingerprint density at radius 1 is 1.00 bits per heavy atom. The molecular weight excluding hydrogens is 324 g/mol. The minimum atomic E-state index is 0.0351. The lowest BCUT2D eigenvalue weighted by Gasteiger charge is -2.09. The zero-order valence-corrected chi connectivity index (χ0v) is 13.4. The summed E-state index contributed by atoms with van der Waals surface area (Å²) in [5.74, 6) is 0.0351. The van der Waals surface area contributed by atoms with Crippen molar-refractivity contribution in [1.82, 2.24) is 0 Å². The van der Waals surface area contributed by atoms with Gasteiger partial charge >= 0.3 is 0 Å². The van der Waals surface area contributed by atoms with Gasteiger partial charge in [0.1, 0.15) is 0 Å². The van der Waals surface area contributed by atoms with Gasteiger partial charge in [0.05, 0.1) is 0 Å². The van der Waals surface area contributed by atoms with Crippen molar-refractivity contribution in [3.05, 3.63) is 67.6 Å². The molecule has 0 fully saturated rings. The number of hydrogen-bond donors (Lipinski definition) is 0. The van der Waals surface area contributed by atoms with E-state index < -0.39 is 0 Å². The van der Waals surface area contributed by atoms with Crippen molar-refractivity contribution in [2.75, 3.05) is 0 Å². The molecule has 19 heavy (non-hydrogen) atoms. The van der Waals surface area contributed by atoms with Crippen molar-refractivity contribution in [2.24, 2.45) is 0 Å². The van der Waals surface area contributed by atoms with E-state index in [1.165, 1.54) is 0 Å². The highest BCUT2D eigenvalue weighted by Gasteiger charge is 2.14. The molecule has 1 nitrogen and oxygen atoms in total. The van der Waals surface area contributed by atoms with Crippen molar-refractivity contribution in [3.8, 4) is 0 Å². The molecule has 0 aromatic heterocycles. The highest BCUT2D eigenvalue weighted by atomic mass is 79.9. The Hall–Kier alpha value is -1.12. The van der Waals surface area contributed by atoms with Crippen molar-refractivity contribution in [3.63, 3.8) is 0 Å². The van der Waals surface area contributed by atoms with Gasteiger partial charge in [-0.3, -0.25) is 4.79 Å². The van der Waals surface area contributed by atoms with Crippen LogP contribution in [0.3, 0.4) is 0 Å². The number of ketones is 1. The van der Waals surface area contributed by atoms with Crippen molar-refractivity contribution in [1.29, 1.82) is 0 Å².